The first-order valence-electron chi connectivity index (χ1n) is 5.82. The van der Waals surface area contributed by atoms with Crippen molar-refractivity contribution in [2.24, 2.45) is 5.92 Å². The molecule has 0 N–H and O–H groups in total. The van der Waals surface area contributed by atoms with Gasteiger partial charge in [0.05, 0.1) is 5.92 Å². The normalized spacial score (nSPS) is 19.0. The van der Waals surface area contributed by atoms with Crippen molar-refractivity contribution in [1.29, 1.82) is 0 Å². The van der Waals surface area contributed by atoms with Crippen LogP contribution in [0.3, 0.4) is 0 Å². The number of ether oxygens (including phenoxy) is 1. The van der Waals surface area contributed by atoms with Gasteiger partial charge in [0.1, 0.15) is 12.4 Å². The van der Waals surface area contributed by atoms with E-state index in [0.29, 0.717) is 0 Å². The Kier molecular flexibility index (Phi) is 3.91. The molecule has 0 saturated heterocycles. The molecule has 0 saturated carbocycles. The standard InChI is InChI=1S/C14H15FO2/c15-13-8-6-11(7-9-13)10-17-14(16)12-4-2-1-3-5-12/h1-2,6-9,12H,3-5,10H2. The summed E-state index contributed by atoms with van der Waals surface area (Å²) < 4.78 is 17.9. The first kappa shape index (κ1) is 11.8. The van der Waals surface area contributed by atoms with Crippen molar-refractivity contribution >= 4 is 5.97 Å². The molecule has 0 radical (unpaired) electrons. The second-order valence-electron chi connectivity index (χ2n) is 4.22. The highest BCUT2D eigenvalue weighted by Crippen LogP contribution is 2.20. The molecule has 0 spiro atoms. The zero-order valence-electron chi connectivity index (χ0n) is 9.56. The Labute approximate surface area is 100 Å². The summed E-state index contributed by atoms with van der Waals surface area (Å²) in [5, 5.41) is 0. The topological polar surface area (TPSA) is 26.3 Å². The molecular formula is C14H15FO2. The summed E-state index contributed by atoms with van der Waals surface area (Å²) >= 11 is 0. The molecule has 0 fully saturated rings. The van der Waals surface area contributed by atoms with E-state index in [2.05, 4.69) is 6.08 Å². The molecule has 1 aliphatic carbocycles. The quantitative estimate of drug-likeness (QED) is 0.593. The van der Waals surface area contributed by atoms with E-state index < -0.39 is 0 Å². The lowest BCUT2D eigenvalue weighted by Crippen LogP contribution is -2.18. The van der Waals surface area contributed by atoms with Gasteiger partial charge >= 0.3 is 5.97 Å². The lowest BCUT2D eigenvalue weighted by molar-refractivity contribution is -0.150. The minimum Gasteiger partial charge on any atom is -0.461 e. The highest BCUT2D eigenvalue weighted by molar-refractivity contribution is 5.72. The molecule has 1 unspecified atom stereocenters. The summed E-state index contributed by atoms with van der Waals surface area (Å²) in [6, 6.07) is 5.99. The van der Waals surface area contributed by atoms with Crippen molar-refractivity contribution in [1.82, 2.24) is 0 Å². The maximum atomic E-state index is 12.7. The van der Waals surface area contributed by atoms with E-state index in [1.165, 1.54) is 12.1 Å². The van der Waals surface area contributed by atoms with Gasteiger partial charge in [0.15, 0.2) is 0 Å². The fourth-order valence-corrected chi connectivity index (χ4v) is 1.86. The van der Waals surface area contributed by atoms with Gasteiger partial charge in [0, 0.05) is 0 Å². The van der Waals surface area contributed by atoms with Crippen molar-refractivity contribution in [3.8, 4) is 0 Å². The Bertz CT molecular complexity index is 409. The predicted octanol–water partition coefficient (Wildman–Crippen LogP) is 3.23. The number of rotatable bonds is 3. The minimum atomic E-state index is -0.280. The second-order valence-corrected chi connectivity index (χ2v) is 4.22. The summed E-state index contributed by atoms with van der Waals surface area (Å²) in [4.78, 5) is 11.7. The largest absolute Gasteiger partial charge is 0.461 e. The number of hydrogen-bond acceptors (Lipinski definition) is 2. The Morgan fingerprint density at radius 3 is 2.71 bits per heavy atom. The molecule has 1 aromatic carbocycles. The van der Waals surface area contributed by atoms with Gasteiger partial charge in [-0.1, -0.05) is 24.3 Å². The van der Waals surface area contributed by atoms with Crippen LogP contribution in [0.5, 0.6) is 0 Å². The smallest absolute Gasteiger partial charge is 0.309 e. The van der Waals surface area contributed by atoms with Crippen molar-refractivity contribution < 1.29 is 13.9 Å². The molecule has 2 nitrogen and oxygen atoms in total. The first-order valence-corrected chi connectivity index (χ1v) is 5.82. The maximum Gasteiger partial charge on any atom is 0.309 e. The molecule has 0 aliphatic heterocycles. The van der Waals surface area contributed by atoms with Gasteiger partial charge in [0.2, 0.25) is 0 Å². The Morgan fingerprint density at radius 2 is 2.06 bits per heavy atom. The van der Waals surface area contributed by atoms with Crippen LogP contribution in [-0.4, -0.2) is 5.97 Å². The van der Waals surface area contributed by atoms with Crippen molar-refractivity contribution in [2.75, 3.05) is 0 Å². The van der Waals surface area contributed by atoms with Crippen LogP contribution in [0.1, 0.15) is 24.8 Å². The zero-order chi connectivity index (χ0) is 12.1. The lowest BCUT2D eigenvalue weighted by atomic mass is 9.95. The molecule has 2 rings (SSSR count). The lowest BCUT2D eigenvalue weighted by Gasteiger charge is -2.16. The number of halogens is 1. The van der Waals surface area contributed by atoms with Crippen LogP contribution < -0.4 is 0 Å². The zero-order valence-corrected chi connectivity index (χ0v) is 9.56. The average Bonchev–Trinajstić information content (AvgIpc) is 2.39. The highest BCUT2D eigenvalue weighted by Gasteiger charge is 2.19. The third-order valence-electron chi connectivity index (χ3n) is 2.90. The number of benzene rings is 1. The number of esters is 1. The van der Waals surface area contributed by atoms with E-state index in [1.54, 1.807) is 12.1 Å². The molecule has 0 bridgehead atoms. The van der Waals surface area contributed by atoms with Crippen LogP contribution in [0.25, 0.3) is 0 Å². The minimum absolute atomic E-state index is 0.0135. The number of carbonyl (C=O) groups excluding carboxylic acids is 1. The van der Waals surface area contributed by atoms with E-state index in [9.17, 15) is 9.18 Å². The van der Waals surface area contributed by atoms with E-state index >= 15 is 0 Å². The summed E-state index contributed by atoms with van der Waals surface area (Å²) in [5.41, 5.74) is 0.811. The highest BCUT2D eigenvalue weighted by atomic mass is 19.1. The van der Waals surface area contributed by atoms with Crippen molar-refractivity contribution in [3.05, 3.63) is 47.8 Å². The molecule has 1 aromatic rings. The Morgan fingerprint density at radius 1 is 1.29 bits per heavy atom. The molecule has 1 atom stereocenters. The van der Waals surface area contributed by atoms with E-state index in [-0.39, 0.29) is 24.3 Å². The van der Waals surface area contributed by atoms with E-state index in [0.717, 1.165) is 24.8 Å². The molecule has 0 aromatic heterocycles. The van der Waals surface area contributed by atoms with Crippen molar-refractivity contribution in [3.63, 3.8) is 0 Å². The maximum absolute atomic E-state index is 12.7. The van der Waals surface area contributed by atoms with Gasteiger partial charge in [-0.05, 0) is 37.0 Å². The van der Waals surface area contributed by atoms with Gasteiger partial charge in [-0.25, -0.2) is 4.39 Å². The number of allylic oxidation sites excluding steroid dienone is 2. The molecule has 0 heterocycles. The fourth-order valence-electron chi connectivity index (χ4n) is 1.86. The fraction of sp³-hybridized carbons (Fsp3) is 0.357. The van der Waals surface area contributed by atoms with Crippen LogP contribution in [0, 0.1) is 11.7 Å². The van der Waals surface area contributed by atoms with Gasteiger partial charge in [-0.3, -0.25) is 4.79 Å². The average molecular weight is 234 g/mol. The molecule has 3 heteroatoms. The summed E-state index contributed by atoms with van der Waals surface area (Å²) in [5.74, 6) is -0.448. The molecule has 90 valence electrons. The monoisotopic (exact) mass is 234 g/mol. The molecule has 0 amide bonds. The van der Waals surface area contributed by atoms with Crippen LogP contribution in [-0.2, 0) is 16.1 Å². The van der Waals surface area contributed by atoms with Crippen LogP contribution >= 0.6 is 0 Å². The number of carbonyl (C=O) groups is 1. The Hall–Kier alpha value is -1.64. The second kappa shape index (κ2) is 5.62. The first-order chi connectivity index (χ1) is 8.25. The number of hydrogen-bond donors (Lipinski definition) is 0. The SMILES string of the molecule is O=C(OCc1ccc(F)cc1)C1CC=CCC1. The molecular weight excluding hydrogens is 219 g/mol. The molecule has 17 heavy (non-hydrogen) atoms. The summed E-state index contributed by atoms with van der Waals surface area (Å²) in [6.45, 7) is 0.222. The third-order valence-corrected chi connectivity index (χ3v) is 2.90. The van der Waals surface area contributed by atoms with Gasteiger partial charge < -0.3 is 4.74 Å². The van der Waals surface area contributed by atoms with Crippen LogP contribution in [0.4, 0.5) is 4.39 Å². The van der Waals surface area contributed by atoms with Crippen LogP contribution in [0.15, 0.2) is 36.4 Å². The predicted molar refractivity (Wildman–Crippen MR) is 62.7 cm³/mol. The van der Waals surface area contributed by atoms with E-state index in [4.69, 9.17) is 4.74 Å². The van der Waals surface area contributed by atoms with Crippen molar-refractivity contribution in [2.45, 2.75) is 25.9 Å². The van der Waals surface area contributed by atoms with Gasteiger partial charge in [-0.15, -0.1) is 0 Å². The molecule has 1 aliphatic rings. The third kappa shape index (κ3) is 3.41. The summed E-state index contributed by atoms with van der Waals surface area (Å²) in [6.07, 6.45) is 6.67. The van der Waals surface area contributed by atoms with E-state index in [1.807, 2.05) is 6.08 Å². The summed E-state index contributed by atoms with van der Waals surface area (Å²) in [7, 11) is 0. The Balaban J connectivity index is 1.83. The van der Waals surface area contributed by atoms with Gasteiger partial charge in [-0.2, -0.15) is 0 Å². The van der Waals surface area contributed by atoms with Gasteiger partial charge in [0.25, 0.3) is 0 Å². The van der Waals surface area contributed by atoms with Crippen LogP contribution in [0.2, 0.25) is 0 Å².